The Bertz CT molecular complexity index is 419. The zero-order chi connectivity index (χ0) is 12.1. The molecule has 1 unspecified atom stereocenters. The molecule has 1 aromatic rings. The summed E-state index contributed by atoms with van der Waals surface area (Å²) >= 11 is 0. The zero-order valence-corrected chi connectivity index (χ0v) is 10.8. The van der Waals surface area contributed by atoms with E-state index in [1.165, 1.54) is 10.6 Å². The highest BCUT2D eigenvalue weighted by Crippen LogP contribution is 1.95. The van der Waals surface area contributed by atoms with E-state index in [0.717, 1.165) is 0 Å². The molecule has 1 amide bonds. The number of aromatic nitrogens is 1. The molecule has 1 heterocycles. The molecule has 6 heteroatoms. The predicted molar refractivity (Wildman–Crippen MR) is 69.2 cm³/mol. The van der Waals surface area contributed by atoms with Crippen LogP contribution in [0.4, 0.5) is 0 Å². The topological polar surface area (TPSA) is 68.3 Å². The quantitative estimate of drug-likeness (QED) is 0.832. The summed E-state index contributed by atoms with van der Waals surface area (Å²) in [5.74, 6) is -0.119. The summed E-state index contributed by atoms with van der Waals surface area (Å²) in [6, 6.07) is 4.78. The van der Waals surface area contributed by atoms with Gasteiger partial charge in [-0.15, -0.1) is 12.4 Å². The molecule has 5 nitrogen and oxygen atoms in total. The molecule has 0 aliphatic rings. The number of rotatable bonds is 4. The number of pyridine rings is 1. The van der Waals surface area contributed by atoms with Crippen LogP contribution >= 0.6 is 12.4 Å². The van der Waals surface area contributed by atoms with E-state index in [1.807, 2.05) is 6.92 Å². The van der Waals surface area contributed by atoms with Gasteiger partial charge in [-0.2, -0.15) is 0 Å². The smallest absolute Gasteiger partial charge is 0.250 e. The lowest BCUT2D eigenvalue weighted by Gasteiger charge is -2.23. The van der Waals surface area contributed by atoms with Crippen LogP contribution in [0.25, 0.3) is 0 Å². The maximum Gasteiger partial charge on any atom is 0.250 e. The Morgan fingerprint density at radius 1 is 1.53 bits per heavy atom. The number of hydrogen-bond acceptors (Lipinski definition) is 3. The zero-order valence-electron chi connectivity index (χ0n) is 10.00. The molecule has 0 spiro atoms. The normalized spacial score (nSPS) is 11.5. The molecule has 0 aliphatic heterocycles. The van der Waals surface area contributed by atoms with Gasteiger partial charge in [0.1, 0.15) is 6.54 Å². The molecule has 0 aliphatic carbocycles. The van der Waals surface area contributed by atoms with Crippen molar-refractivity contribution in [2.75, 3.05) is 13.6 Å². The molecular weight excluding hydrogens is 242 g/mol. The van der Waals surface area contributed by atoms with E-state index in [0.29, 0.717) is 6.54 Å². The van der Waals surface area contributed by atoms with Gasteiger partial charge < -0.3 is 15.2 Å². The highest BCUT2D eigenvalue weighted by atomic mass is 35.5. The summed E-state index contributed by atoms with van der Waals surface area (Å²) in [7, 11) is 1.69. The minimum absolute atomic E-state index is 0. The summed E-state index contributed by atoms with van der Waals surface area (Å²) in [5.41, 5.74) is 5.30. The molecule has 0 bridgehead atoms. The number of amides is 1. The number of nitrogens with two attached hydrogens (primary N) is 1. The molecule has 2 N–H and O–H groups in total. The first-order valence-electron chi connectivity index (χ1n) is 5.17. The van der Waals surface area contributed by atoms with Gasteiger partial charge in [-0.25, -0.2) is 0 Å². The van der Waals surface area contributed by atoms with Crippen LogP contribution in [0.1, 0.15) is 6.92 Å². The molecule has 1 aromatic heterocycles. The maximum absolute atomic E-state index is 11.8. The number of nitrogens with zero attached hydrogens (tertiary/aromatic N) is 2. The lowest BCUT2D eigenvalue weighted by Crippen LogP contribution is -2.42. The Balaban J connectivity index is 0.00000256. The number of carbonyl (C=O) groups excluding carboxylic acids is 1. The molecule has 0 saturated heterocycles. The summed E-state index contributed by atoms with van der Waals surface area (Å²) in [6.07, 6.45) is 1.60. The van der Waals surface area contributed by atoms with E-state index in [2.05, 4.69) is 0 Å². The first-order chi connectivity index (χ1) is 7.56. The van der Waals surface area contributed by atoms with Crippen molar-refractivity contribution in [2.24, 2.45) is 5.73 Å². The Morgan fingerprint density at radius 3 is 2.71 bits per heavy atom. The van der Waals surface area contributed by atoms with Crippen molar-refractivity contribution >= 4 is 18.3 Å². The van der Waals surface area contributed by atoms with Crippen molar-refractivity contribution in [1.29, 1.82) is 0 Å². The Hall–Kier alpha value is -1.33. The van der Waals surface area contributed by atoms with Gasteiger partial charge in [0, 0.05) is 31.9 Å². The number of hydrogen-bond donors (Lipinski definition) is 1. The van der Waals surface area contributed by atoms with Gasteiger partial charge in [-0.05, 0) is 13.0 Å². The van der Waals surface area contributed by atoms with E-state index in [-0.39, 0.29) is 36.5 Å². The van der Waals surface area contributed by atoms with E-state index in [9.17, 15) is 9.59 Å². The van der Waals surface area contributed by atoms with Crippen LogP contribution < -0.4 is 11.3 Å². The number of carbonyl (C=O) groups is 1. The SMILES string of the molecule is CC(CN)N(C)C(=O)Cn1ccccc1=O.Cl. The highest BCUT2D eigenvalue weighted by Gasteiger charge is 2.14. The van der Waals surface area contributed by atoms with Crippen LogP contribution in [0, 0.1) is 0 Å². The third-order valence-electron chi connectivity index (χ3n) is 2.60. The molecule has 1 rings (SSSR count). The predicted octanol–water partition coefficient (Wildman–Crippen LogP) is 0.0757. The van der Waals surface area contributed by atoms with E-state index in [4.69, 9.17) is 5.73 Å². The Morgan fingerprint density at radius 2 is 2.18 bits per heavy atom. The molecule has 96 valence electrons. The average molecular weight is 260 g/mol. The molecule has 0 fully saturated rings. The lowest BCUT2D eigenvalue weighted by molar-refractivity contribution is -0.132. The molecule has 0 radical (unpaired) electrons. The minimum atomic E-state index is -0.176. The van der Waals surface area contributed by atoms with Crippen LogP contribution in [-0.2, 0) is 11.3 Å². The Labute approximate surface area is 107 Å². The second-order valence-electron chi connectivity index (χ2n) is 3.76. The average Bonchev–Trinajstić information content (AvgIpc) is 2.30. The fourth-order valence-corrected chi connectivity index (χ4v) is 1.25. The van der Waals surface area contributed by atoms with Crippen molar-refractivity contribution in [3.05, 3.63) is 34.7 Å². The van der Waals surface area contributed by atoms with Crippen molar-refractivity contribution < 1.29 is 4.79 Å². The molecule has 0 saturated carbocycles. The van der Waals surface area contributed by atoms with E-state index >= 15 is 0 Å². The van der Waals surface area contributed by atoms with Gasteiger partial charge in [0.15, 0.2) is 0 Å². The van der Waals surface area contributed by atoms with Crippen molar-refractivity contribution in [3.8, 4) is 0 Å². The van der Waals surface area contributed by atoms with Gasteiger partial charge >= 0.3 is 0 Å². The number of halogens is 1. The third kappa shape index (κ3) is 4.20. The fraction of sp³-hybridized carbons (Fsp3) is 0.455. The van der Waals surface area contributed by atoms with Crippen molar-refractivity contribution in [3.63, 3.8) is 0 Å². The van der Waals surface area contributed by atoms with Crippen LogP contribution in [0.5, 0.6) is 0 Å². The van der Waals surface area contributed by atoms with Crippen LogP contribution in [0.3, 0.4) is 0 Å². The third-order valence-corrected chi connectivity index (χ3v) is 2.60. The Kier molecular flexibility index (Phi) is 6.53. The summed E-state index contributed by atoms with van der Waals surface area (Å²) in [6.45, 7) is 2.33. The standard InChI is InChI=1S/C11H17N3O2.ClH/c1-9(7-12)13(2)11(16)8-14-6-4-3-5-10(14)15;/h3-6,9H,7-8,12H2,1-2H3;1H. The molecule has 17 heavy (non-hydrogen) atoms. The van der Waals surface area contributed by atoms with Crippen LogP contribution in [0.2, 0.25) is 0 Å². The van der Waals surface area contributed by atoms with Crippen molar-refractivity contribution in [1.82, 2.24) is 9.47 Å². The summed E-state index contributed by atoms with van der Waals surface area (Å²) in [5, 5.41) is 0. The van der Waals surface area contributed by atoms with Gasteiger partial charge in [-0.3, -0.25) is 9.59 Å². The number of likely N-dealkylation sites (N-methyl/N-ethyl adjacent to an activating group) is 1. The lowest BCUT2D eigenvalue weighted by atomic mass is 10.3. The minimum Gasteiger partial charge on any atom is -0.340 e. The monoisotopic (exact) mass is 259 g/mol. The summed E-state index contributed by atoms with van der Waals surface area (Å²) in [4.78, 5) is 24.7. The first-order valence-corrected chi connectivity index (χ1v) is 5.17. The fourth-order valence-electron chi connectivity index (χ4n) is 1.25. The second kappa shape index (κ2) is 7.09. The highest BCUT2D eigenvalue weighted by molar-refractivity contribution is 5.85. The van der Waals surface area contributed by atoms with Gasteiger partial charge in [0.25, 0.3) is 5.56 Å². The molecule has 1 atom stereocenters. The molecule has 0 aromatic carbocycles. The molecular formula is C11H18ClN3O2. The first kappa shape index (κ1) is 15.7. The largest absolute Gasteiger partial charge is 0.340 e. The van der Waals surface area contributed by atoms with Gasteiger partial charge in [0.05, 0.1) is 0 Å². The second-order valence-corrected chi connectivity index (χ2v) is 3.76. The maximum atomic E-state index is 11.8. The van der Waals surface area contributed by atoms with E-state index in [1.54, 1.807) is 30.3 Å². The van der Waals surface area contributed by atoms with Crippen LogP contribution in [0.15, 0.2) is 29.2 Å². The van der Waals surface area contributed by atoms with Crippen molar-refractivity contribution in [2.45, 2.75) is 19.5 Å². The van der Waals surface area contributed by atoms with Gasteiger partial charge in [0.2, 0.25) is 5.91 Å². The summed E-state index contributed by atoms with van der Waals surface area (Å²) < 4.78 is 1.38. The van der Waals surface area contributed by atoms with E-state index < -0.39 is 0 Å². The van der Waals surface area contributed by atoms with Crippen LogP contribution in [-0.4, -0.2) is 35.0 Å². The van der Waals surface area contributed by atoms with Gasteiger partial charge in [-0.1, -0.05) is 6.07 Å².